The highest BCUT2D eigenvalue weighted by atomic mass is 16.7. The van der Waals surface area contributed by atoms with Crippen molar-refractivity contribution < 1.29 is 19.1 Å². The summed E-state index contributed by atoms with van der Waals surface area (Å²) in [6.45, 7) is 2.27. The van der Waals surface area contributed by atoms with Crippen LogP contribution in [0.15, 0.2) is 60.7 Å². The van der Waals surface area contributed by atoms with E-state index in [4.69, 9.17) is 9.47 Å². The van der Waals surface area contributed by atoms with Crippen LogP contribution >= 0.6 is 0 Å². The van der Waals surface area contributed by atoms with E-state index in [1.807, 2.05) is 60.7 Å². The maximum absolute atomic E-state index is 13.4. The molecular formula is C30H30N2O4. The molecule has 6 nitrogen and oxygen atoms in total. The van der Waals surface area contributed by atoms with E-state index in [0.29, 0.717) is 17.4 Å². The van der Waals surface area contributed by atoms with Crippen molar-refractivity contribution in [1.29, 1.82) is 0 Å². The van der Waals surface area contributed by atoms with E-state index in [1.54, 1.807) is 0 Å². The third-order valence-corrected chi connectivity index (χ3v) is 7.75. The van der Waals surface area contributed by atoms with Crippen molar-refractivity contribution in [2.45, 2.75) is 56.9 Å². The summed E-state index contributed by atoms with van der Waals surface area (Å²) in [6.07, 6.45) is 6.12. The molecular weight excluding hydrogens is 452 g/mol. The summed E-state index contributed by atoms with van der Waals surface area (Å²) in [5.41, 5.74) is 5.01. The lowest BCUT2D eigenvalue weighted by Gasteiger charge is -2.17. The predicted octanol–water partition coefficient (Wildman–Crippen LogP) is 5.73. The Morgan fingerprint density at radius 2 is 1.64 bits per heavy atom. The Labute approximate surface area is 211 Å². The van der Waals surface area contributed by atoms with Gasteiger partial charge in [0.15, 0.2) is 11.5 Å². The molecule has 2 aliphatic carbocycles. The van der Waals surface area contributed by atoms with Gasteiger partial charge in [0, 0.05) is 17.3 Å². The number of anilines is 1. The first kappa shape index (κ1) is 22.7. The van der Waals surface area contributed by atoms with E-state index in [0.717, 1.165) is 59.4 Å². The van der Waals surface area contributed by atoms with Gasteiger partial charge in [-0.15, -0.1) is 0 Å². The quantitative estimate of drug-likeness (QED) is 0.470. The van der Waals surface area contributed by atoms with E-state index in [9.17, 15) is 9.59 Å². The van der Waals surface area contributed by atoms with Gasteiger partial charge in [-0.2, -0.15) is 0 Å². The molecule has 2 saturated carbocycles. The van der Waals surface area contributed by atoms with Crippen LogP contribution in [0.1, 0.15) is 60.0 Å². The van der Waals surface area contributed by atoms with E-state index in [-0.39, 0.29) is 18.6 Å². The first-order chi connectivity index (χ1) is 17.5. The molecule has 1 heterocycles. The molecule has 6 heteroatoms. The van der Waals surface area contributed by atoms with Crippen LogP contribution in [0.25, 0.3) is 11.1 Å². The largest absolute Gasteiger partial charge is 0.454 e. The normalized spacial score (nSPS) is 17.6. The molecule has 0 radical (unpaired) electrons. The molecule has 36 heavy (non-hydrogen) atoms. The Morgan fingerprint density at radius 3 is 2.39 bits per heavy atom. The lowest BCUT2D eigenvalue weighted by atomic mass is 9.94. The molecule has 184 valence electrons. The first-order valence-corrected chi connectivity index (χ1v) is 12.8. The maximum atomic E-state index is 13.4. The molecule has 2 amide bonds. The number of amides is 2. The Bertz CT molecular complexity index is 1320. The number of ether oxygens (including phenoxy) is 2. The van der Waals surface area contributed by atoms with Gasteiger partial charge in [0.25, 0.3) is 5.91 Å². The topological polar surface area (TPSA) is 76.7 Å². The number of fused-ring (bicyclic) bond motifs is 1. The zero-order valence-electron chi connectivity index (χ0n) is 20.4. The van der Waals surface area contributed by atoms with E-state index in [1.165, 1.54) is 12.8 Å². The molecule has 0 unspecified atom stereocenters. The second-order valence-corrected chi connectivity index (χ2v) is 10.2. The molecule has 0 bridgehead atoms. The van der Waals surface area contributed by atoms with Crippen molar-refractivity contribution in [1.82, 2.24) is 5.32 Å². The van der Waals surface area contributed by atoms with Crippen LogP contribution in [0.5, 0.6) is 11.5 Å². The molecule has 0 saturated heterocycles. The zero-order valence-corrected chi connectivity index (χ0v) is 20.4. The summed E-state index contributed by atoms with van der Waals surface area (Å²) in [5.74, 6) is 1.41. The minimum absolute atomic E-state index is 0.00454. The van der Waals surface area contributed by atoms with E-state index < -0.39 is 5.41 Å². The average molecular weight is 483 g/mol. The Morgan fingerprint density at radius 1 is 0.889 bits per heavy atom. The van der Waals surface area contributed by atoms with Crippen LogP contribution in [0.2, 0.25) is 0 Å². The average Bonchev–Trinajstić information content (AvgIpc) is 3.30. The molecule has 6 rings (SSSR count). The van der Waals surface area contributed by atoms with Crippen LogP contribution in [-0.4, -0.2) is 24.6 Å². The molecule has 0 aromatic heterocycles. The Kier molecular flexibility index (Phi) is 5.67. The smallest absolute Gasteiger partial charge is 0.251 e. The fourth-order valence-corrected chi connectivity index (χ4v) is 5.37. The van der Waals surface area contributed by atoms with Crippen LogP contribution in [0.4, 0.5) is 5.69 Å². The number of hydrogen-bond donors (Lipinski definition) is 2. The van der Waals surface area contributed by atoms with E-state index in [2.05, 4.69) is 17.6 Å². The zero-order chi connectivity index (χ0) is 24.7. The summed E-state index contributed by atoms with van der Waals surface area (Å²) >= 11 is 0. The van der Waals surface area contributed by atoms with Crippen LogP contribution in [0, 0.1) is 6.92 Å². The molecule has 2 fully saturated rings. The predicted molar refractivity (Wildman–Crippen MR) is 138 cm³/mol. The first-order valence-electron chi connectivity index (χ1n) is 12.8. The van der Waals surface area contributed by atoms with E-state index >= 15 is 0 Å². The van der Waals surface area contributed by atoms with Crippen molar-refractivity contribution in [3.05, 3.63) is 77.4 Å². The SMILES string of the molecule is Cc1ccc(NC(=O)C2(c3ccc4c(c3)OCO4)CC2)cc1-c1ccc(C(=O)NC2CCCC2)cc1. The van der Waals surface area contributed by atoms with Gasteiger partial charge in [0.1, 0.15) is 0 Å². The molecule has 1 aliphatic heterocycles. The third kappa shape index (κ3) is 4.21. The van der Waals surface area contributed by atoms with Gasteiger partial charge in [-0.3, -0.25) is 9.59 Å². The van der Waals surface area contributed by atoms with Crippen molar-refractivity contribution >= 4 is 17.5 Å². The minimum Gasteiger partial charge on any atom is -0.454 e. The monoisotopic (exact) mass is 482 g/mol. The van der Waals surface area contributed by atoms with Crippen molar-refractivity contribution in [2.24, 2.45) is 0 Å². The number of hydrogen-bond acceptors (Lipinski definition) is 4. The third-order valence-electron chi connectivity index (χ3n) is 7.75. The van der Waals surface area contributed by atoms with Gasteiger partial charge >= 0.3 is 0 Å². The van der Waals surface area contributed by atoms with Crippen molar-refractivity contribution in [3.63, 3.8) is 0 Å². The van der Waals surface area contributed by atoms with Gasteiger partial charge in [-0.05, 0) is 91.3 Å². The van der Waals surface area contributed by atoms with Gasteiger partial charge < -0.3 is 20.1 Å². The Hall–Kier alpha value is -3.80. The van der Waals surface area contributed by atoms with Gasteiger partial charge in [0.05, 0.1) is 5.41 Å². The number of rotatable bonds is 6. The molecule has 3 aliphatic rings. The molecule has 0 atom stereocenters. The number of carbonyl (C=O) groups is 2. The maximum Gasteiger partial charge on any atom is 0.251 e. The van der Waals surface area contributed by atoms with Gasteiger partial charge in [0.2, 0.25) is 12.7 Å². The van der Waals surface area contributed by atoms with Crippen LogP contribution in [0.3, 0.4) is 0 Å². The van der Waals surface area contributed by atoms with Crippen LogP contribution in [-0.2, 0) is 10.2 Å². The number of aryl methyl sites for hydroxylation is 1. The second-order valence-electron chi connectivity index (χ2n) is 10.2. The Balaban J connectivity index is 1.18. The summed E-state index contributed by atoms with van der Waals surface area (Å²) in [4.78, 5) is 26.0. The highest BCUT2D eigenvalue weighted by molar-refractivity contribution is 6.02. The molecule has 3 aromatic rings. The summed E-state index contributed by atoms with van der Waals surface area (Å²) < 4.78 is 10.9. The number of benzene rings is 3. The summed E-state index contributed by atoms with van der Waals surface area (Å²) in [5, 5.41) is 6.29. The lowest BCUT2D eigenvalue weighted by molar-refractivity contribution is -0.118. The molecule has 3 aromatic carbocycles. The number of carbonyl (C=O) groups excluding carboxylic acids is 2. The van der Waals surface area contributed by atoms with Gasteiger partial charge in [-0.25, -0.2) is 0 Å². The minimum atomic E-state index is -0.527. The van der Waals surface area contributed by atoms with Gasteiger partial charge in [-0.1, -0.05) is 37.1 Å². The highest BCUT2D eigenvalue weighted by Gasteiger charge is 2.51. The van der Waals surface area contributed by atoms with Crippen molar-refractivity contribution in [2.75, 3.05) is 12.1 Å². The molecule has 0 spiro atoms. The second kappa shape index (κ2) is 9.01. The summed E-state index contributed by atoms with van der Waals surface area (Å²) in [6, 6.07) is 19.8. The van der Waals surface area contributed by atoms with Crippen molar-refractivity contribution in [3.8, 4) is 22.6 Å². The molecule has 2 N–H and O–H groups in total. The number of nitrogens with one attached hydrogen (secondary N) is 2. The fraction of sp³-hybridized carbons (Fsp3) is 0.333. The summed E-state index contributed by atoms with van der Waals surface area (Å²) in [7, 11) is 0. The standard InChI is InChI=1S/C30H30N2O4/c1-19-6-12-24(32-29(34)30(14-15-30)22-11-13-26-27(16-22)36-18-35-26)17-25(19)20-7-9-21(10-8-20)28(33)31-23-4-2-3-5-23/h6-13,16-17,23H,2-5,14-15,18H2,1H3,(H,31,33)(H,32,34). The lowest BCUT2D eigenvalue weighted by Crippen LogP contribution is -2.32. The fourth-order valence-electron chi connectivity index (χ4n) is 5.37. The van der Waals surface area contributed by atoms with Crippen LogP contribution < -0.4 is 20.1 Å². The highest BCUT2D eigenvalue weighted by Crippen LogP contribution is 2.51.